The van der Waals surface area contributed by atoms with Gasteiger partial charge in [0, 0.05) is 18.0 Å². The van der Waals surface area contributed by atoms with E-state index in [2.05, 4.69) is 21.4 Å². The maximum absolute atomic E-state index is 9.18. The van der Waals surface area contributed by atoms with E-state index in [1.165, 1.54) is 0 Å². The average molecular weight is 261 g/mol. The monoisotopic (exact) mass is 261 g/mol. The largest absolute Gasteiger partial charge is 0.265 e. The summed E-state index contributed by atoms with van der Waals surface area (Å²) in [6, 6.07) is 15.7. The van der Waals surface area contributed by atoms with Crippen LogP contribution in [0.15, 0.2) is 54.9 Å². The maximum atomic E-state index is 9.18. The summed E-state index contributed by atoms with van der Waals surface area (Å²) in [7, 11) is 0. The van der Waals surface area contributed by atoms with Gasteiger partial charge in [0.05, 0.1) is 6.54 Å². The number of rotatable bonds is 3. The zero-order valence-corrected chi connectivity index (χ0v) is 10.6. The highest BCUT2D eigenvalue weighted by molar-refractivity contribution is 5.64. The molecular formula is C15H11N5. The van der Waals surface area contributed by atoms with Crippen molar-refractivity contribution in [1.29, 1.82) is 5.26 Å². The van der Waals surface area contributed by atoms with Crippen LogP contribution in [0.5, 0.6) is 0 Å². The van der Waals surface area contributed by atoms with Crippen molar-refractivity contribution in [3.63, 3.8) is 0 Å². The lowest BCUT2D eigenvalue weighted by atomic mass is 10.1. The predicted molar refractivity (Wildman–Crippen MR) is 73.5 cm³/mol. The summed E-state index contributed by atoms with van der Waals surface area (Å²) < 4.78 is 1.74. The van der Waals surface area contributed by atoms with E-state index in [9.17, 15) is 5.26 Å². The topological polar surface area (TPSA) is 67.4 Å². The van der Waals surface area contributed by atoms with Gasteiger partial charge >= 0.3 is 0 Å². The van der Waals surface area contributed by atoms with Gasteiger partial charge in [-0.15, -0.1) is 5.10 Å². The molecule has 0 N–H and O–H groups in total. The van der Waals surface area contributed by atoms with Crippen LogP contribution < -0.4 is 0 Å². The van der Waals surface area contributed by atoms with Gasteiger partial charge in [-0.25, -0.2) is 4.68 Å². The molecule has 0 aliphatic rings. The van der Waals surface area contributed by atoms with E-state index in [-0.39, 0.29) is 0 Å². The van der Waals surface area contributed by atoms with Crippen LogP contribution in [-0.2, 0) is 6.54 Å². The Bertz CT molecular complexity index is 741. The highest BCUT2D eigenvalue weighted by Crippen LogP contribution is 2.21. The Balaban J connectivity index is 2.05. The zero-order chi connectivity index (χ0) is 13.8. The molecule has 3 aromatic rings. The number of benzene rings is 1. The van der Waals surface area contributed by atoms with Crippen molar-refractivity contribution < 1.29 is 0 Å². The Morgan fingerprint density at radius 2 is 1.80 bits per heavy atom. The second-order valence-electron chi connectivity index (χ2n) is 4.28. The minimum Gasteiger partial charge on any atom is -0.265 e. The van der Waals surface area contributed by atoms with Gasteiger partial charge in [0.1, 0.15) is 11.8 Å². The first-order valence-corrected chi connectivity index (χ1v) is 6.16. The first-order chi connectivity index (χ1) is 9.88. The van der Waals surface area contributed by atoms with Crippen molar-refractivity contribution in [3.8, 4) is 17.3 Å². The SMILES string of the molecule is N#Cc1nnn(Cc2ccccc2)c1-c1ccncc1. The van der Waals surface area contributed by atoms with Crippen molar-refractivity contribution in [1.82, 2.24) is 20.0 Å². The van der Waals surface area contributed by atoms with Gasteiger partial charge in [-0.2, -0.15) is 5.26 Å². The Labute approximate surface area is 116 Å². The Kier molecular flexibility index (Phi) is 3.21. The van der Waals surface area contributed by atoms with Crippen LogP contribution in [0.1, 0.15) is 11.3 Å². The predicted octanol–water partition coefficient (Wildman–Crippen LogP) is 2.26. The molecule has 20 heavy (non-hydrogen) atoms. The number of pyridine rings is 1. The first-order valence-electron chi connectivity index (χ1n) is 6.16. The molecule has 0 spiro atoms. The summed E-state index contributed by atoms with van der Waals surface area (Å²) in [5, 5.41) is 17.2. The van der Waals surface area contributed by atoms with Crippen LogP contribution in [0.25, 0.3) is 11.3 Å². The van der Waals surface area contributed by atoms with Crippen molar-refractivity contribution in [2.75, 3.05) is 0 Å². The summed E-state index contributed by atoms with van der Waals surface area (Å²) >= 11 is 0. The lowest BCUT2D eigenvalue weighted by molar-refractivity contribution is 0.655. The molecule has 0 atom stereocenters. The van der Waals surface area contributed by atoms with Gasteiger partial charge in [0.2, 0.25) is 0 Å². The van der Waals surface area contributed by atoms with Crippen LogP contribution in [0.2, 0.25) is 0 Å². The van der Waals surface area contributed by atoms with Crippen LogP contribution in [0, 0.1) is 11.3 Å². The molecule has 0 unspecified atom stereocenters. The summed E-state index contributed by atoms with van der Waals surface area (Å²) in [5.74, 6) is 0. The van der Waals surface area contributed by atoms with E-state index in [4.69, 9.17) is 0 Å². The fourth-order valence-electron chi connectivity index (χ4n) is 2.05. The summed E-state index contributed by atoms with van der Waals surface area (Å²) in [6.45, 7) is 0.577. The highest BCUT2D eigenvalue weighted by Gasteiger charge is 2.14. The van der Waals surface area contributed by atoms with Crippen molar-refractivity contribution in [2.45, 2.75) is 6.54 Å². The fourth-order valence-corrected chi connectivity index (χ4v) is 2.05. The smallest absolute Gasteiger partial charge is 0.190 e. The van der Waals surface area contributed by atoms with Crippen molar-refractivity contribution in [2.24, 2.45) is 0 Å². The van der Waals surface area contributed by atoms with Crippen LogP contribution >= 0.6 is 0 Å². The Morgan fingerprint density at radius 1 is 1.05 bits per heavy atom. The van der Waals surface area contributed by atoms with Gasteiger partial charge in [0.25, 0.3) is 0 Å². The zero-order valence-electron chi connectivity index (χ0n) is 10.6. The van der Waals surface area contributed by atoms with E-state index in [1.807, 2.05) is 42.5 Å². The molecule has 0 aliphatic carbocycles. The van der Waals surface area contributed by atoms with Gasteiger partial charge in [0.15, 0.2) is 5.69 Å². The minimum absolute atomic E-state index is 0.326. The average Bonchev–Trinajstić information content (AvgIpc) is 2.92. The molecule has 5 heteroatoms. The molecule has 3 rings (SSSR count). The van der Waals surface area contributed by atoms with E-state index >= 15 is 0 Å². The number of hydrogen-bond donors (Lipinski definition) is 0. The molecule has 0 bridgehead atoms. The second kappa shape index (κ2) is 5.33. The van der Waals surface area contributed by atoms with E-state index < -0.39 is 0 Å². The highest BCUT2D eigenvalue weighted by atomic mass is 15.4. The first kappa shape index (κ1) is 12.1. The summed E-state index contributed by atoms with van der Waals surface area (Å²) in [6.07, 6.45) is 3.38. The number of aromatic nitrogens is 4. The molecule has 0 saturated carbocycles. The molecule has 2 heterocycles. The fraction of sp³-hybridized carbons (Fsp3) is 0.0667. The molecule has 0 aliphatic heterocycles. The molecule has 96 valence electrons. The lowest BCUT2D eigenvalue weighted by Gasteiger charge is -2.06. The number of nitriles is 1. The summed E-state index contributed by atoms with van der Waals surface area (Å²) in [5.41, 5.74) is 3.04. The van der Waals surface area contributed by atoms with Gasteiger partial charge in [-0.1, -0.05) is 35.5 Å². The van der Waals surface area contributed by atoms with E-state index in [0.29, 0.717) is 12.2 Å². The molecule has 0 amide bonds. The molecule has 5 nitrogen and oxygen atoms in total. The molecule has 0 saturated heterocycles. The molecule has 0 fully saturated rings. The standard InChI is InChI=1S/C15H11N5/c16-10-14-15(13-6-8-17-9-7-13)20(19-18-14)11-12-4-2-1-3-5-12/h1-9H,11H2. The minimum atomic E-state index is 0.326. The molecule has 1 aromatic carbocycles. The third-order valence-corrected chi connectivity index (χ3v) is 2.97. The third kappa shape index (κ3) is 2.27. The Hall–Kier alpha value is -3.00. The summed E-state index contributed by atoms with van der Waals surface area (Å²) in [4.78, 5) is 3.99. The van der Waals surface area contributed by atoms with Gasteiger partial charge in [-0.05, 0) is 17.7 Å². The Morgan fingerprint density at radius 3 is 2.50 bits per heavy atom. The van der Waals surface area contributed by atoms with Crippen molar-refractivity contribution >= 4 is 0 Å². The second-order valence-corrected chi connectivity index (χ2v) is 4.28. The normalized spacial score (nSPS) is 10.2. The number of nitrogens with zero attached hydrogens (tertiary/aromatic N) is 5. The van der Waals surface area contributed by atoms with Gasteiger partial charge in [-0.3, -0.25) is 4.98 Å². The van der Waals surface area contributed by atoms with Gasteiger partial charge < -0.3 is 0 Å². The maximum Gasteiger partial charge on any atom is 0.190 e. The lowest BCUT2D eigenvalue weighted by Crippen LogP contribution is -2.04. The van der Waals surface area contributed by atoms with Crippen molar-refractivity contribution in [3.05, 3.63) is 66.1 Å². The molecule has 2 aromatic heterocycles. The molecular weight excluding hydrogens is 250 g/mol. The third-order valence-electron chi connectivity index (χ3n) is 2.97. The van der Waals surface area contributed by atoms with Crippen LogP contribution in [0.4, 0.5) is 0 Å². The number of hydrogen-bond acceptors (Lipinski definition) is 4. The van der Waals surface area contributed by atoms with E-state index in [1.54, 1.807) is 17.1 Å². The van der Waals surface area contributed by atoms with Crippen LogP contribution in [-0.4, -0.2) is 20.0 Å². The van der Waals surface area contributed by atoms with E-state index in [0.717, 1.165) is 16.8 Å². The van der Waals surface area contributed by atoms with Crippen LogP contribution in [0.3, 0.4) is 0 Å². The quantitative estimate of drug-likeness (QED) is 0.725. The molecule has 0 radical (unpaired) electrons.